The van der Waals surface area contributed by atoms with Crippen LogP contribution in [0.1, 0.15) is 47.1 Å². The molecule has 1 aromatic heterocycles. The molecule has 2 aromatic carbocycles. The lowest BCUT2D eigenvalue weighted by Gasteiger charge is -2.33. The predicted molar refractivity (Wildman–Crippen MR) is 105 cm³/mol. The van der Waals surface area contributed by atoms with Gasteiger partial charge in [0.2, 0.25) is 11.7 Å². The van der Waals surface area contributed by atoms with Gasteiger partial charge in [-0.3, -0.25) is 4.79 Å². The van der Waals surface area contributed by atoms with E-state index in [0.29, 0.717) is 24.5 Å². The van der Waals surface area contributed by atoms with Crippen LogP contribution >= 0.6 is 0 Å². The Labute approximate surface area is 176 Å². The number of halogens is 3. The Hall–Kier alpha value is -3.36. The molecule has 1 aliphatic heterocycles. The van der Waals surface area contributed by atoms with E-state index >= 15 is 0 Å². The Bertz CT molecular complexity index is 1060. The minimum atomic E-state index is -4.52. The number of likely N-dealkylation sites (tertiary alicyclic amines) is 1. The van der Waals surface area contributed by atoms with Crippen molar-refractivity contribution >= 4 is 5.91 Å². The Balaban J connectivity index is 1.59. The second-order valence-corrected chi connectivity index (χ2v) is 7.27. The number of alkyl halides is 3. The summed E-state index contributed by atoms with van der Waals surface area (Å²) < 4.78 is 49.8. The fourth-order valence-electron chi connectivity index (χ4n) is 3.65. The molecule has 0 saturated carbocycles. The van der Waals surface area contributed by atoms with Gasteiger partial charge in [0, 0.05) is 17.7 Å². The van der Waals surface area contributed by atoms with Gasteiger partial charge in [0.1, 0.15) is 11.8 Å². The molecule has 1 atom stereocenters. The van der Waals surface area contributed by atoms with E-state index in [-0.39, 0.29) is 11.5 Å². The summed E-state index contributed by atoms with van der Waals surface area (Å²) in [5.41, 5.74) is -0.148. The molecule has 2 heterocycles. The van der Waals surface area contributed by atoms with E-state index in [0.717, 1.165) is 30.5 Å². The van der Waals surface area contributed by atoms with Crippen LogP contribution in [-0.2, 0) is 6.18 Å². The summed E-state index contributed by atoms with van der Waals surface area (Å²) in [6, 6.07) is 11.1. The summed E-state index contributed by atoms with van der Waals surface area (Å²) in [5.74, 6) is 0.846. The fourth-order valence-corrected chi connectivity index (χ4v) is 3.65. The minimum absolute atomic E-state index is 0.0170. The van der Waals surface area contributed by atoms with Crippen LogP contribution in [-0.4, -0.2) is 34.6 Å². The molecule has 0 bridgehead atoms. The monoisotopic (exact) mass is 431 g/mol. The van der Waals surface area contributed by atoms with Gasteiger partial charge in [0.15, 0.2) is 0 Å². The SMILES string of the molecule is COc1ccc(-c2noc(C3CCCCN3C(=O)c3cccc(C(F)(F)F)c3)n2)cc1. The lowest BCUT2D eigenvalue weighted by Crippen LogP contribution is -2.38. The van der Waals surface area contributed by atoms with Gasteiger partial charge >= 0.3 is 6.18 Å². The van der Waals surface area contributed by atoms with Crippen LogP contribution in [0.4, 0.5) is 13.2 Å². The Morgan fingerprint density at radius 1 is 1.16 bits per heavy atom. The highest BCUT2D eigenvalue weighted by molar-refractivity contribution is 5.94. The van der Waals surface area contributed by atoms with Crippen molar-refractivity contribution in [1.29, 1.82) is 0 Å². The van der Waals surface area contributed by atoms with Gasteiger partial charge < -0.3 is 14.2 Å². The maximum absolute atomic E-state index is 13.1. The maximum atomic E-state index is 13.1. The van der Waals surface area contributed by atoms with Crippen molar-refractivity contribution in [2.75, 3.05) is 13.7 Å². The largest absolute Gasteiger partial charge is 0.497 e. The fraction of sp³-hybridized carbons (Fsp3) is 0.318. The first-order valence-electron chi connectivity index (χ1n) is 9.83. The molecule has 162 valence electrons. The first-order valence-corrected chi connectivity index (χ1v) is 9.83. The molecule has 1 saturated heterocycles. The molecule has 31 heavy (non-hydrogen) atoms. The molecule has 1 amide bonds. The lowest BCUT2D eigenvalue weighted by atomic mass is 10.00. The highest BCUT2D eigenvalue weighted by Crippen LogP contribution is 2.34. The van der Waals surface area contributed by atoms with Gasteiger partial charge in [-0.05, 0) is 61.7 Å². The number of carbonyl (C=O) groups excluding carboxylic acids is 1. The average Bonchev–Trinajstić information content (AvgIpc) is 3.28. The molecule has 4 rings (SSSR count). The van der Waals surface area contributed by atoms with Crippen molar-refractivity contribution in [3.8, 4) is 17.1 Å². The van der Waals surface area contributed by atoms with Crippen LogP contribution < -0.4 is 4.74 Å². The summed E-state index contributed by atoms with van der Waals surface area (Å²) in [5, 5.41) is 4.02. The quantitative estimate of drug-likeness (QED) is 0.573. The number of piperidine rings is 1. The number of hydrogen-bond donors (Lipinski definition) is 0. The van der Waals surface area contributed by atoms with Crippen molar-refractivity contribution < 1.29 is 27.2 Å². The molecule has 1 fully saturated rings. The molecular formula is C22H20F3N3O3. The van der Waals surface area contributed by atoms with E-state index in [4.69, 9.17) is 9.26 Å². The molecule has 1 unspecified atom stereocenters. The Morgan fingerprint density at radius 3 is 2.65 bits per heavy atom. The topological polar surface area (TPSA) is 68.5 Å². The number of methoxy groups -OCH3 is 1. The molecule has 6 nitrogen and oxygen atoms in total. The first-order chi connectivity index (χ1) is 14.9. The molecule has 0 spiro atoms. The van der Waals surface area contributed by atoms with E-state index in [1.807, 2.05) is 0 Å². The number of amides is 1. The summed E-state index contributed by atoms with van der Waals surface area (Å²) in [6.07, 6.45) is -2.33. The van der Waals surface area contributed by atoms with Crippen LogP contribution in [0.15, 0.2) is 53.1 Å². The van der Waals surface area contributed by atoms with Crippen molar-refractivity contribution in [1.82, 2.24) is 15.0 Å². The van der Waals surface area contributed by atoms with E-state index in [9.17, 15) is 18.0 Å². The normalized spacial score (nSPS) is 16.9. The van der Waals surface area contributed by atoms with E-state index < -0.39 is 23.7 Å². The molecule has 9 heteroatoms. The summed E-state index contributed by atoms with van der Waals surface area (Å²) in [7, 11) is 1.57. The van der Waals surface area contributed by atoms with Gasteiger partial charge in [0.05, 0.1) is 12.7 Å². The van der Waals surface area contributed by atoms with E-state index in [1.54, 1.807) is 31.4 Å². The number of benzene rings is 2. The number of hydrogen-bond acceptors (Lipinski definition) is 5. The van der Waals surface area contributed by atoms with E-state index in [1.165, 1.54) is 17.0 Å². The number of nitrogens with zero attached hydrogens (tertiary/aromatic N) is 3. The summed E-state index contributed by atoms with van der Waals surface area (Å²) in [4.78, 5) is 19.0. The molecule has 0 aliphatic carbocycles. The van der Waals surface area contributed by atoms with Gasteiger partial charge in [-0.25, -0.2) is 0 Å². The number of ether oxygens (including phenoxy) is 1. The van der Waals surface area contributed by atoms with Crippen LogP contribution in [0, 0.1) is 0 Å². The molecule has 0 radical (unpaired) electrons. The minimum Gasteiger partial charge on any atom is -0.497 e. The maximum Gasteiger partial charge on any atom is 0.416 e. The molecule has 1 aliphatic rings. The first kappa shape index (κ1) is 20.9. The zero-order valence-electron chi connectivity index (χ0n) is 16.7. The van der Waals surface area contributed by atoms with Crippen molar-refractivity contribution in [2.45, 2.75) is 31.5 Å². The van der Waals surface area contributed by atoms with Gasteiger partial charge in [0.25, 0.3) is 5.91 Å². The standard InChI is InChI=1S/C22H20F3N3O3/c1-30-17-10-8-14(9-11-17)19-26-20(31-27-19)18-7-2-3-12-28(18)21(29)15-5-4-6-16(13-15)22(23,24)25/h4-6,8-11,13,18H,2-3,7,12H2,1H3. The highest BCUT2D eigenvalue weighted by atomic mass is 19.4. The Morgan fingerprint density at radius 2 is 1.94 bits per heavy atom. The van der Waals surface area contributed by atoms with Gasteiger partial charge in [-0.2, -0.15) is 18.2 Å². The molecule has 3 aromatic rings. The third-order valence-electron chi connectivity index (χ3n) is 5.28. The number of aromatic nitrogens is 2. The molecular weight excluding hydrogens is 411 g/mol. The second-order valence-electron chi connectivity index (χ2n) is 7.27. The van der Waals surface area contributed by atoms with Crippen LogP contribution in [0.2, 0.25) is 0 Å². The zero-order valence-corrected chi connectivity index (χ0v) is 16.7. The van der Waals surface area contributed by atoms with Gasteiger partial charge in [-0.15, -0.1) is 0 Å². The third-order valence-corrected chi connectivity index (χ3v) is 5.28. The third kappa shape index (κ3) is 4.40. The number of rotatable bonds is 4. The van der Waals surface area contributed by atoms with Crippen molar-refractivity contribution in [2.24, 2.45) is 0 Å². The zero-order chi connectivity index (χ0) is 22.0. The lowest BCUT2D eigenvalue weighted by molar-refractivity contribution is -0.137. The smallest absolute Gasteiger partial charge is 0.416 e. The predicted octanol–water partition coefficient (Wildman–Crippen LogP) is 5.13. The summed E-state index contributed by atoms with van der Waals surface area (Å²) >= 11 is 0. The Kier molecular flexibility index (Phi) is 5.67. The summed E-state index contributed by atoms with van der Waals surface area (Å²) in [6.45, 7) is 0.403. The second kappa shape index (κ2) is 8.41. The van der Waals surface area contributed by atoms with Crippen molar-refractivity contribution in [3.05, 3.63) is 65.5 Å². The van der Waals surface area contributed by atoms with E-state index in [2.05, 4.69) is 10.1 Å². The number of carbonyl (C=O) groups is 1. The van der Waals surface area contributed by atoms with Crippen LogP contribution in [0.3, 0.4) is 0 Å². The van der Waals surface area contributed by atoms with Gasteiger partial charge in [-0.1, -0.05) is 11.2 Å². The van der Waals surface area contributed by atoms with Crippen molar-refractivity contribution in [3.63, 3.8) is 0 Å². The van der Waals surface area contributed by atoms with Crippen LogP contribution in [0.5, 0.6) is 5.75 Å². The average molecular weight is 431 g/mol. The highest BCUT2D eigenvalue weighted by Gasteiger charge is 2.35. The molecule has 0 N–H and O–H groups in total. The van der Waals surface area contributed by atoms with Crippen LogP contribution in [0.25, 0.3) is 11.4 Å².